The van der Waals surface area contributed by atoms with E-state index in [2.05, 4.69) is 37.7 Å². The Morgan fingerprint density at radius 2 is 1.65 bits per heavy atom. The molecule has 0 radical (unpaired) electrons. The first-order chi connectivity index (χ1) is 15.1. The standard InChI is InChI=1S/C24H28N6O/c1-3-18-7-6-8-21(16-18)28-24(31)27-20-11-9-19(10-12-20)26-22-15-17(2)25-23(29-22)30-13-4-5-14-30/h6-12,15-16H,3-5,13-14H2,1-2H3,(H,25,26,29)(H2,27,28,31). The monoisotopic (exact) mass is 416 g/mol. The molecule has 0 saturated carbocycles. The number of carbonyl (C=O) groups is 1. The van der Waals surface area contributed by atoms with Crippen molar-refractivity contribution in [2.24, 2.45) is 0 Å². The highest BCUT2D eigenvalue weighted by molar-refractivity contribution is 5.99. The van der Waals surface area contributed by atoms with Gasteiger partial charge < -0.3 is 20.9 Å². The highest BCUT2D eigenvalue weighted by Crippen LogP contribution is 2.22. The van der Waals surface area contributed by atoms with Crippen molar-refractivity contribution in [3.05, 3.63) is 65.9 Å². The van der Waals surface area contributed by atoms with Gasteiger partial charge in [0.05, 0.1) is 0 Å². The first-order valence-electron chi connectivity index (χ1n) is 10.7. The van der Waals surface area contributed by atoms with Gasteiger partial charge in [-0.2, -0.15) is 4.98 Å². The summed E-state index contributed by atoms with van der Waals surface area (Å²) in [6.45, 7) is 6.08. The maximum Gasteiger partial charge on any atom is 0.323 e. The van der Waals surface area contributed by atoms with E-state index in [-0.39, 0.29) is 6.03 Å². The number of hydrogen-bond donors (Lipinski definition) is 3. The summed E-state index contributed by atoms with van der Waals surface area (Å²) in [5.41, 5.74) is 4.50. The van der Waals surface area contributed by atoms with Gasteiger partial charge in [0, 0.05) is 41.9 Å². The van der Waals surface area contributed by atoms with Gasteiger partial charge >= 0.3 is 6.03 Å². The number of hydrogen-bond acceptors (Lipinski definition) is 5. The number of aromatic nitrogens is 2. The molecule has 2 heterocycles. The minimum Gasteiger partial charge on any atom is -0.341 e. The number of amides is 2. The van der Waals surface area contributed by atoms with Crippen molar-refractivity contribution in [1.82, 2.24) is 9.97 Å². The van der Waals surface area contributed by atoms with E-state index in [0.717, 1.165) is 48.3 Å². The van der Waals surface area contributed by atoms with Crippen LogP contribution in [0.3, 0.4) is 0 Å². The predicted molar refractivity (Wildman–Crippen MR) is 126 cm³/mol. The number of aryl methyl sites for hydroxylation is 2. The Morgan fingerprint density at radius 1 is 0.935 bits per heavy atom. The van der Waals surface area contributed by atoms with Gasteiger partial charge in [0.1, 0.15) is 5.82 Å². The van der Waals surface area contributed by atoms with Crippen molar-refractivity contribution in [1.29, 1.82) is 0 Å². The van der Waals surface area contributed by atoms with E-state index in [4.69, 9.17) is 0 Å². The highest BCUT2D eigenvalue weighted by atomic mass is 16.2. The normalized spacial score (nSPS) is 13.2. The summed E-state index contributed by atoms with van der Waals surface area (Å²) in [6, 6.07) is 17.1. The van der Waals surface area contributed by atoms with Crippen LogP contribution in [0.25, 0.3) is 0 Å². The largest absolute Gasteiger partial charge is 0.341 e. The van der Waals surface area contributed by atoms with Gasteiger partial charge in [-0.3, -0.25) is 0 Å². The fraction of sp³-hybridized carbons (Fsp3) is 0.292. The molecule has 4 rings (SSSR count). The van der Waals surface area contributed by atoms with Crippen LogP contribution in [0.2, 0.25) is 0 Å². The van der Waals surface area contributed by atoms with E-state index < -0.39 is 0 Å². The molecule has 1 aromatic heterocycles. The molecule has 2 aromatic carbocycles. The minimum absolute atomic E-state index is 0.268. The molecule has 0 atom stereocenters. The topological polar surface area (TPSA) is 82.2 Å². The van der Waals surface area contributed by atoms with Crippen LogP contribution >= 0.6 is 0 Å². The van der Waals surface area contributed by atoms with Crippen molar-refractivity contribution in [3.8, 4) is 0 Å². The molecule has 1 saturated heterocycles. The lowest BCUT2D eigenvalue weighted by Crippen LogP contribution is -2.21. The Labute approximate surface area is 182 Å². The molecule has 31 heavy (non-hydrogen) atoms. The van der Waals surface area contributed by atoms with Gasteiger partial charge in [-0.15, -0.1) is 0 Å². The molecule has 7 heteroatoms. The summed E-state index contributed by atoms with van der Waals surface area (Å²) in [7, 11) is 0. The molecule has 0 unspecified atom stereocenters. The summed E-state index contributed by atoms with van der Waals surface area (Å²) < 4.78 is 0. The van der Waals surface area contributed by atoms with E-state index in [9.17, 15) is 4.79 Å². The summed E-state index contributed by atoms with van der Waals surface area (Å²) in [5, 5.41) is 9.07. The van der Waals surface area contributed by atoms with E-state index in [1.165, 1.54) is 18.4 Å². The van der Waals surface area contributed by atoms with Gasteiger partial charge in [-0.25, -0.2) is 9.78 Å². The smallest absolute Gasteiger partial charge is 0.323 e. The van der Waals surface area contributed by atoms with Crippen molar-refractivity contribution in [2.45, 2.75) is 33.1 Å². The minimum atomic E-state index is -0.268. The Balaban J connectivity index is 1.37. The number of carbonyl (C=O) groups excluding carboxylic acids is 1. The number of nitrogens with one attached hydrogen (secondary N) is 3. The maximum absolute atomic E-state index is 12.3. The molecule has 2 amide bonds. The molecule has 1 aliphatic heterocycles. The number of benzene rings is 2. The molecular formula is C24H28N6O. The summed E-state index contributed by atoms with van der Waals surface area (Å²) in [4.78, 5) is 23.8. The molecular weight excluding hydrogens is 388 g/mol. The van der Waals surface area contributed by atoms with Crippen LogP contribution in [0, 0.1) is 6.92 Å². The predicted octanol–water partition coefficient (Wildman–Crippen LogP) is 5.34. The summed E-state index contributed by atoms with van der Waals surface area (Å²) >= 11 is 0. The zero-order valence-electron chi connectivity index (χ0n) is 18.0. The first-order valence-corrected chi connectivity index (χ1v) is 10.7. The first kappa shape index (κ1) is 20.7. The number of nitrogens with zero attached hydrogens (tertiary/aromatic N) is 3. The van der Waals surface area contributed by atoms with Crippen LogP contribution < -0.4 is 20.9 Å². The molecule has 3 N–H and O–H groups in total. The van der Waals surface area contributed by atoms with Crippen molar-refractivity contribution < 1.29 is 4.79 Å². The molecule has 1 fully saturated rings. The molecule has 0 aliphatic carbocycles. The third-order valence-corrected chi connectivity index (χ3v) is 5.24. The summed E-state index contributed by atoms with van der Waals surface area (Å²) in [6.07, 6.45) is 3.30. The Morgan fingerprint density at radius 3 is 2.39 bits per heavy atom. The van der Waals surface area contributed by atoms with E-state index >= 15 is 0 Å². The molecule has 7 nitrogen and oxygen atoms in total. The highest BCUT2D eigenvalue weighted by Gasteiger charge is 2.16. The Bertz CT molecular complexity index is 1040. The van der Waals surface area contributed by atoms with Crippen molar-refractivity contribution >= 4 is 34.9 Å². The van der Waals surface area contributed by atoms with Crippen molar-refractivity contribution in [3.63, 3.8) is 0 Å². The second-order valence-corrected chi connectivity index (χ2v) is 7.72. The van der Waals surface area contributed by atoms with Crippen LogP contribution in [0.5, 0.6) is 0 Å². The SMILES string of the molecule is CCc1cccc(NC(=O)Nc2ccc(Nc3cc(C)nc(N4CCCC4)n3)cc2)c1. The average Bonchev–Trinajstić information content (AvgIpc) is 3.30. The van der Waals surface area contributed by atoms with Crippen molar-refractivity contribution in [2.75, 3.05) is 33.9 Å². The Kier molecular flexibility index (Phi) is 6.31. The van der Waals surface area contributed by atoms with Gasteiger partial charge in [-0.05, 0) is 68.1 Å². The van der Waals surface area contributed by atoms with Gasteiger partial charge in [0.25, 0.3) is 0 Å². The van der Waals surface area contributed by atoms with Crippen LogP contribution in [0.1, 0.15) is 31.0 Å². The molecule has 160 valence electrons. The molecule has 1 aliphatic rings. The fourth-order valence-electron chi connectivity index (χ4n) is 3.62. The lowest BCUT2D eigenvalue weighted by molar-refractivity contribution is 0.262. The maximum atomic E-state index is 12.3. The zero-order chi connectivity index (χ0) is 21.6. The quantitative estimate of drug-likeness (QED) is 0.506. The lowest BCUT2D eigenvalue weighted by atomic mass is 10.1. The third-order valence-electron chi connectivity index (χ3n) is 5.24. The summed E-state index contributed by atoms with van der Waals surface area (Å²) in [5.74, 6) is 1.55. The molecule has 0 bridgehead atoms. The lowest BCUT2D eigenvalue weighted by Gasteiger charge is -2.17. The Hall–Kier alpha value is -3.61. The van der Waals surface area contributed by atoms with Gasteiger partial charge in [0.2, 0.25) is 5.95 Å². The van der Waals surface area contributed by atoms with Crippen LogP contribution in [0.15, 0.2) is 54.6 Å². The third kappa shape index (κ3) is 5.51. The van der Waals surface area contributed by atoms with Crippen LogP contribution in [-0.2, 0) is 6.42 Å². The second-order valence-electron chi connectivity index (χ2n) is 7.72. The second kappa shape index (κ2) is 9.47. The molecule has 0 spiro atoms. The zero-order valence-corrected chi connectivity index (χ0v) is 18.0. The number of anilines is 5. The average molecular weight is 417 g/mol. The molecule has 3 aromatic rings. The van der Waals surface area contributed by atoms with Crippen LogP contribution in [-0.4, -0.2) is 29.1 Å². The fourth-order valence-corrected chi connectivity index (χ4v) is 3.62. The van der Waals surface area contributed by atoms with E-state index in [1.54, 1.807) is 0 Å². The van der Waals surface area contributed by atoms with Gasteiger partial charge in [0.15, 0.2) is 0 Å². The van der Waals surface area contributed by atoms with E-state index in [1.807, 2.05) is 61.5 Å². The van der Waals surface area contributed by atoms with E-state index in [0.29, 0.717) is 5.69 Å². The number of rotatable bonds is 6. The number of urea groups is 1. The van der Waals surface area contributed by atoms with Gasteiger partial charge in [-0.1, -0.05) is 19.1 Å². The van der Waals surface area contributed by atoms with Crippen LogP contribution in [0.4, 0.5) is 33.6 Å².